The summed E-state index contributed by atoms with van der Waals surface area (Å²) in [6.07, 6.45) is 1.62. The Morgan fingerprint density at radius 3 is 2.39 bits per heavy atom. The van der Waals surface area contributed by atoms with Crippen LogP contribution in [0.1, 0.15) is 32.8 Å². The second kappa shape index (κ2) is 8.95. The van der Waals surface area contributed by atoms with Gasteiger partial charge in [0.1, 0.15) is 5.75 Å². The predicted octanol–water partition coefficient (Wildman–Crippen LogP) is 3.42. The number of benzene rings is 1. The van der Waals surface area contributed by atoms with Crippen LogP contribution in [-0.4, -0.2) is 26.1 Å². The van der Waals surface area contributed by atoms with Crippen LogP contribution in [0, 0.1) is 0 Å². The van der Waals surface area contributed by atoms with Gasteiger partial charge in [-0.3, -0.25) is 0 Å². The smallest absolute Gasteiger partial charge is 0.160 e. The van der Waals surface area contributed by atoms with E-state index in [1.165, 1.54) is 5.56 Å². The minimum atomic E-state index is -0.158. The van der Waals surface area contributed by atoms with Crippen LogP contribution in [0.15, 0.2) is 24.3 Å². The van der Waals surface area contributed by atoms with Gasteiger partial charge in [0.05, 0.1) is 6.61 Å². The van der Waals surface area contributed by atoms with Crippen LogP contribution >= 0.6 is 0 Å². The van der Waals surface area contributed by atoms with Gasteiger partial charge in [-0.2, -0.15) is 0 Å². The highest BCUT2D eigenvalue weighted by Gasteiger charge is 2.07. The minimum Gasteiger partial charge on any atom is -0.493 e. The van der Waals surface area contributed by atoms with Gasteiger partial charge in [-0.15, -0.1) is 0 Å². The first-order valence-electron chi connectivity index (χ1n) is 6.75. The largest absolute Gasteiger partial charge is 0.493 e. The molecule has 1 rings (SSSR count). The molecule has 3 heteroatoms. The molecule has 102 valence electrons. The minimum absolute atomic E-state index is 0.158. The second-order valence-electron chi connectivity index (χ2n) is 3.98. The first-order valence-corrected chi connectivity index (χ1v) is 6.75. The topological polar surface area (TPSA) is 27.7 Å². The maximum Gasteiger partial charge on any atom is 0.160 e. The molecule has 0 unspecified atom stereocenters. The zero-order valence-corrected chi connectivity index (χ0v) is 11.6. The summed E-state index contributed by atoms with van der Waals surface area (Å²) in [6.45, 7) is 8.01. The van der Waals surface area contributed by atoms with Crippen molar-refractivity contribution in [1.82, 2.24) is 0 Å². The summed E-state index contributed by atoms with van der Waals surface area (Å²) in [5.74, 6) is 0.918. The number of hydrogen-bond donors (Lipinski definition) is 0. The van der Waals surface area contributed by atoms with Crippen LogP contribution in [0.4, 0.5) is 0 Å². The van der Waals surface area contributed by atoms with Crippen molar-refractivity contribution in [3.63, 3.8) is 0 Å². The van der Waals surface area contributed by atoms with Crippen LogP contribution in [0.2, 0.25) is 0 Å². The van der Waals surface area contributed by atoms with Crippen molar-refractivity contribution in [2.45, 2.75) is 39.9 Å². The fraction of sp³-hybridized carbons (Fsp3) is 0.600. The van der Waals surface area contributed by atoms with Crippen LogP contribution in [-0.2, 0) is 15.9 Å². The lowest BCUT2D eigenvalue weighted by molar-refractivity contribution is -0.142. The molecule has 1 aromatic rings. The zero-order chi connectivity index (χ0) is 13.2. The molecule has 0 atom stereocenters. The van der Waals surface area contributed by atoms with E-state index in [9.17, 15) is 0 Å². The summed E-state index contributed by atoms with van der Waals surface area (Å²) in [6, 6.07) is 8.19. The number of aryl methyl sites for hydroxylation is 1. The van der Waals surface area contributed by atoms with Gasteiger partial charge < -0.3 is 14.2 Å². The molecule has 0 bridgehead atoms. The van der Waals surface area contributed by atoms with Crippen molar-refractivity contribution >= 4 is 0 Å². The van der Waals surface area contributed by atoms with Crippen molar-refractivity contribution < 1.29 is 14.2 Å². The maximum atomic E-state index is 5.71. The molecule has 18 heavy (non-hydrogen) atoms. The number of hydrogen-bond acceptors (Lipinski definition) is 3. The van der Waals surface area contributed by atoms with Crippen molar-refractivity contribution in [1.29, 1.82) is 0 Å². The Balaban J connectivity index is 2.34. The summed E-state index contributed by atoms with van der Waals surface area (Å²) in [4.78, 5) is 0. The van der Waals surface area contributed by atoms with Gasteiger partial charge >= 0.3 is 0 Å². The van der Waals surface area contributed by atoms with E-state index in [-0.39, 0.29) is 6.29 Å². The highest BCUT2D eigenvalue weighted by atomic mass is 16.7. The van der Waals surface area contributed by atoms with E-state index in [1.54, 1.807) is 0 Å². The first kappa shape index (κ1) is 15.0. The Bertz CT molecular complexity index is 319. The summed E-state index contributed by atoms with van der Waals surface area (Å²) < 4.78 is 16.6. The quantitative estimate of drug-likeness (QED) is 0.630. The molecule has 0 fully saturated rings. The molecule has 0 aliphatic rings. The van der Waals surface area contributed by atoms with Gasteiger partial charge in [0.25, 0.3) is 0 Å². The summed E-state index contributed by atoms with van der Waals surface area (Å²) in [5.41, 5.74) is 1.29. The van der Waals surface area contributed by atoms with Crippen LogP contribution in [0.25, 0.3) is 0 Å². The molecule has 0 aromatic heterocycles. The van der Waals surface area contributed by atoms with E-state index in [2.05, 4.69) is 19.1 Å². The Labute approximate surface area is 110 Å². The van der Waals surface area contributed by atoms with Gasteiger partial charge in [-0.25, -0.2) is 0 Å². The fourth-order valence-corrected chi connectivity index (χ4v) is 1.71. The van der Waals surface area contributed by atoms with Crippen molar-refractivity contribution in [3.05, 3.63) is 29.8 Å². The van der Waals surface area contributed by atoms with Gasteiger partial charge in [0.2, 0.25) is 0 Å². The average molecular weight is 252 g/mol. The van der Waals surface area contributed by atoms with E-state index in [0.717, 1.165) is 18.6 Å². The van der Waals surface area contributed by atoms with Crippen molar-refractivity contribution in [2.24, 2.45) is 0 Å². The van der Waals surface area contributed by atoms with Crippen molar-refractivity contribution in [3.8, 4) is 5.75 Å². The molecule has 0 heterocycles. The summed E-state index contributed by atoms with van der Waals surface area (Å²) >= 11 is 0. The lowest BCUT2D eigenvalue weighted by Crippen LogP contribution is -2.20. The fourth-order valence-electron chi connectivity index (χ4n) is 1.71. The lowest BCUT2D eigenvalue weighted by atomic mass is 10.2. The van der Waals surface area contributed by atoms with Gasteiger partial charge in [-0.1, -0.05) is 19.1 Å². The molecular weight excluding hydrogens is 228 g/mol. The molecule has 0 radical (unpaired) electrons. The van der Waals surface area contributed by atoms with Crippen LogP contribution < -0.4 is 4.74 Å². The number of ether oxygens (including phenoxy) is 3. The second-order valence-corrected chi connectivity index (χ2v) is 3.98. The van der Waals surface area contributed by atoms with E-state index in [1.807, 2.05) is 26.0 Å². The summed E-state index contributed by atoms with van der Waals surface area (Å²) in [5, 5.41) is 0. The Morgan fingerprint density at radius 1 is 1.06 bits per heavy atom. The standard InChI is InChI=1S/C15H24O3/c1-4-13-8-7-9-14(12-13)18-11-10-15(16-5-2)17-6-3/h7-9,12,15H,4-6,10-11H2,1-3H3. The zero-order valence-electron chi connectivity index (χ0n) is 11.6. The molecule has 0 N–H and O–H groups in total. The Morgan fingerprint density at radius 2 is 1.78 bits per heavy atom. The third-order valence-electron chi connectivity index (χ3n) is 2.63. The SMILES string of the molecule is CCOC(CCOc1cccc(CC)c1)OCC. The van der Waals surface area contributed by atoms with Gasteiger partial charge in [0, 0.05) is 19.6 Å². The molecular formula is C15H24O3. The molecule has 0 saturated carbocycles. The van der Waals surface area contributed by atoms with E-state index < -0.39 is 0 Å². The summed E-state index contributed by atoms with van der Waals surface area (Å²) in [7, 11) is 0. The normalized spacial score (nSPS) is 10.9. The molecule has 3 nitrogen and oxygen atoms in total. The highest BCUT2D eigenvalue weighted by molar-refractivity contribution is 5.28. The third kappa shape index (κ3) is 5.52. The third-order valence-corrected chi connectivity index (χ3v) is 2.63. The van der Waals surface area contributed by atoms with Crippen molar-refractivity contribution in [2.75, 3.05) is 19.8 Å². The number of rotatable bonds is 9. The van der Waals surface area contributed by atoms with Crippen LogP contribution in [0.3, 0.4) is 0 Å². The molecule has 0 aliphatic heterocycles. The predicted molar refractivity (Wildman–Crippen MR) is 73.0 cm³/mol. The average Bonchev–Trinajstić information content (AvgIpc) is 2.39. The molecule has 0 spiro atoms. The Kier molecular flexibility index (Phi) is 7.46. The molecule has 0 aliphatic carbocycles. The van der Waals surface area contributed by atoms with E-state index in [4.69, 9.17) is 14.2 Å². The molecule has 1 aromatic carbocycles. The van der Waals surface area contributed by atoms with Gasteiger partial charge in [0.15, 0.2) is 6.29 Å². The van der Waals surface area contributed by atoms with E-state index >= 15 is 0 Å². The molecule has 0 amide bonds. The maximum absolute atomic E-state index is 5.71. The first-order chi connectivity index (χ1) is 8.80. The monoisotopic (exact) mass is 252 g/mol. The van der Waals surface area contributed by atoms with E-state index in [0.29, 0.717) is 19.8 Å². The highest BCUT2D eigenvalue weighted by Crippen LogP contribution is 2.14. The molecule has 0 saturated heterocycles. The Hall–Kier alpha value is -1.06. The van der Waals surface area contributed by atoms with Gasteiger partial charge in [-0.05, 0) is 38.0 Å². The van der Waals surface area contributed by atoms with Crippen LogP contribution in [0.5, 0.6) is 5.75 Å². The lowest BCUT2D eigenvalue weighted by Gasteiger charge is -2.17.